The number of halogens is 1. The van der Waals surface area contributed by atoms with Crippen LogP contribution in [0.5, 0.6) is 5.75 Å². The summed E-state index contributed by atoms with van der Waals surface area (Å²) in [6, 6.07) is 14.1. The maximum absolute atomic E-state index is 10.2. The summed E-state index contributed by atoms with van der Waals surface area (Å²) in [5.74, 6) is 0.864. The fourth-order valence-electron chi connectivity index (χ4n) is 4.13. The van der Waals surface area contributed by atoms with E-state index in [1.807, 2.05) is 24.3 Å². The van der Waals surface area contributed by atoms with Gasteiger partial charge in [-0.1, -0.05) is 35.9 Å². The van der Waals surface area contributed by atoms with Crippen LogP contribution in [0, 0.1) is 0 Å². The number of ether oxygens (including phenoxy) is 4. The smallest absolute Gasteiger partial charge is 0.124 e. The van der Waals surface area contributed by atoms with Crippen LogP contribution in [0.1, 0.15) is 42.1 Å². The predicted octanol–water partition coefficient (Wildman–Crippen LogP) is 4.33. The fourth-order valence-corrected chi connectivity index (χ4v) is 4.32. The Morgan fingerprint density at radius 2 is 1.97 bits per heavy atom. The van der Waals surface area contributed by atoms with Crippen LogP contribution in [-0.2, 0) is 20.6 Å². The maximum atomic E-state index is 10.2. The normalized spacial score (nSPS) is 26.6. The molecule has 2 heterocycles. The van der Waals surface area contributed by atoms with E-state index in [1.54, 1.807) is 7.11 Å². The van der Waals surface area contributed by atoms with Gasteiger partial charge in [-0.2, -0.15) is 0 Å². The van der Waals surface area contributed by atoms with Gasteiger partial charge >= 0.3 is 0 Å². The summed E-state index contributed by atoms with van der Waals surface area (Å²) in [5.41, 5.74) is 3.24. The van der Waals surface area contributed by atoms with Crippen molar-refractivity contribution in [2.75, 3.05) is 26.9 Å². The lowest BCUT2D eigenvalue weighted by Gasteiger charge is -2.33. The van der Waals surface area contributed by atoms with Gasteiger partial charge in [-0.3, -0.25) is 0 Å². The summed E-state index contributed by atoms with van der Waals surface area (Å²) in [7, 11) is 1.65. The number of hydrogen-bond acceptors (Lipinski definition) is 5. The monoisotopic (exact) mass is 432 g/mol. The van der Waals surface area contributed by atoms with E-state index in [2.05, 4.69) is 18.2 Å². The molecule has 6 heteroatoms. The molecule has 2 aliphatic heterocycles. The van der Waals surface area contributed by atoms with Crippen molar-refractivity contribution >= 4 is 11.6 Å². The Morgan fingerprint density at radius 1 is 1.13 bits per heavy atom. The average molecular weight is 433 g/mol. The summed E-state index contributed by atoms with van der Waals surface area (Å²) >= 11 is 6.49. The molecule has 0 aliphatic carbocycles. The lowest BCUT2D eigenvalue weighted by atomic mass is 9.94. The van der Waals surface area contributed by atoms with E-state index in [0.29, 0.717) is 26.1 Å². The standard InChI is InChI=1S/C24H29ClO5/c1-27-14-22-12-19(26)13-24(30-22)17-4-7-23(25)18(11-17)10-16-2-5-20(6-3-16)29-21-8-9-28-15-21/h2-7,11,19,21-22,24,26H,8-10,12-15H2,1H3. The molecule has 0 radical (unpaired) electrons. The van der Waals surface area contributed by atoms with Crippen LogP contribution in [0.25, 0.3) is 0 Å². The molecule has 2 fully saturated rings. The van der Waals surface area contributed by atoms with Crippen LogP contribution < -0.4 is 4.74 Å². The molecule has 2 aliphatic rings. The Hall–Kier alpha value is -1.63. The molecule has 0 amide bonds. The van der Waals surface area contributed by atoms with Crippen LogP contribution in [0.15, 0.2) is 42.5 Å². The zero-order valence-corrected chi connectivity index (χ0v) is 18.0. The summed E-state index contributed by atoms with van der Waals surface area (Å²) in [5, 5.41) is 11.0. The van der Waals surface area contributed by atoms with Gasteiger partial charge in [0.2, 0.25) is 0 Å². The summed E-state index contributed by atoms with van der Waals surface area (Å²) in [6.45, 7) is 1.91. The molecule has 4 rings (SSSR count). The molecule has 5 nitrogen and oxygen atoms in total. The minimum absolute atomic E-state index is 0.0966. The summed E-state index contributed by atoms with van der Waals surface area (Å²) in [4.78, 5) is 0. The van der Waals surface area contributed by atoms with Gasteiger partial charge in [0.15, 0.2) is 0 Å². The van der Waals surface area contributed by atoms with Crippen molar-refractivity contribution in [1.29, 1.82) is 0 Å². The second kappa shape index (κ2) is 10.1. The molecule has 2 saturated heterocycles. The van der Waals surface area contributed by atoms with E-state index in [4.69, 9.17) is 30.5 Å². The number of methoxy groups -OCH3 is 1. The molecule has 0 spiro atoms. The molecule has 2 aromatic carbocycles. The number of aliphatic hydroxyl groups excluding tert-OH is 1. The highest BCUT2D eigenvalue weighted by molar-refractivity contribution is 6.31. The highest BCUT2D eigenvalue weighted by Crippen LogP contribution is 2.34. The van der Waals surface area contributed by atoms with Crippen LogP contribution in [0.2, 0.25) is 5.02 Å². The molecule has 4 atom stereocenters. The van der Waals surface area contributed by atoms with Crippen molar-refractivity contribution in [3.8, 4) is 5.75 Å². The van der Waals surface area contributed by atoms with E-state index in [1.165, 1.54) is 0 Å². The first-order valence-electron chi connectivity index (χ1n) is 10.5. The Labute approximate surface area is 182 Å². The number of hydrogen-bond donors (Lipinski definition) is 1. The average Bonchev–Trinajstić information content (AvgIpc) is 3.24. The maximum Gasteiger partial charge on any atom is 0.124 e. The Morgan fingerprint density at radius 3 is 2.70 bits per heavy atom. The molecule has 30 heavy (non-hydrogen) atoms. The van der Waals surface area contributed by atoms with Crippen LogP contribution >= 0.6 is 11.6 Å². The van der Waals surface area contributed by atoms with Gasteiger partial charge < -0.3 is 24.1 Å². The van der Waals surface area contributed by atoms with Gasteiger partial charge in [0.05, 0.1) is 38.1 Å². The second-order valence-corrected chi connectivity index (χ2v) is 8.51. The van der Waals surface area contributed by atoms with Gasteiger partial charge in [-0.25, -0.2) is 0 Å². The summed E-state index contributed by atoms with van der Waals surface area (Å²) in [6.07, 6.45) is 2.35. The van der Waals surface area contributed by atoms with E-state index >= 15 is 0 Å². The minimum Gasteiger partial charge on any atom is -0.488 e. The molecular weight excluding hydrogens is 404 g/mol. The molecular formula is C24H29ClO5. The van der Waals surface area contributed by atoms with Crippen molar-refractivity contribution in [1.82, 2.24) is 0 Å². The first-order chi connectivity index (χ1) is 14.6. The van der Waals surface area contributed by atoms with Gasteiger partial charge in [0, 0.05) is 31.4 Å². The zero-order valence-electron chi connectivity index (χ0n) is 17.3. The van der Waals surface area contributed by atoms with Gasteiger partial charge in [-0.05, 0) is 41.3 Å². The van der Waals surface area contributed by atoms with E-state index in [-0.39, 0.29) is 24.4 Å². The number of benzene rings is 2. The van der Waals surface area contributed by atoms with Crippen LogP contribution in [-0.4, -0.2) is 50.3 Å². The molecule has 0 aromatic heterocycles. The third-order valence-corrected chi connectivity index (χ3v) is 6.05. The molecule has 2 aromatic rings. The highest BCUT2D eigenvalue weighted by atomic mass is 35.5. The lowest BCUT2D eigenvalue weighted by Crippen LogP contribution is -2.34. The second-order valence-electron chi connectivity index (χ2n) is 8.10. The molecule has 162 valence electrons. The van der Waals surface area contributed by atoms with E-state index in [0.717, 1.165) is 46.9 Å². The van der Waals surface area contributed by atoms with Crippen molar-refractivity contribution in [3.63, 3.8) is 0 Å². The van der Waals surface area contributed by atoms with Gasteiger partial charge in [-0.15, -0.1) is 0 Å². The van der Waals surface area contributed by atoms with Crippen molar-refractivity contribution < 1.29 is 24.1 Å². The van der Waals surface area contributed by atoms with Crippen LogP contribution in [0.3, 0.4) is 0 Å². The van der Waals surface area contributed by atoms with Crippen LogP contribution in [0.4, 0.5) is 0 Å². The minimum atomic E-state index is -0.388. The van der Waals surface area contributed by atoms with Crippen molar-refractivity contribution in [3.05, 3.63) is 64.2 Å². The predicted molar refractivity (Wildman–Crippen MR) is 115 cm³/mol. The molecule has 1 N–H and O–H groups in total. The Balaban J connectivity index is 1.44. The van der Waals surface area contributed by atoms with E-state index in [9.17, 15) is 5.11 Å². The number of aliphatic hydroxyl groups is 1. The molecule has 4 unspecified atom stereocenters. The first-order valence-corrected chi connectivity index (χ1v) is 10.9. The fraction of sp³-hybridized carbons (Fsp3) is 0.500. The zero-order chi connectivity index (χ0) is 20.9. The quantitative estimate of drug-likeness (QED) is 0.705. The van der Waals surface area contributed by atoms with Gasteiger partial charge in [0.1, 0.15) is 11.9 Å². The molecule has 0 bridgehead atoms. The number of rotatable bonds is 7. The lowest BCUT2D eigenvalue weighted by molar-refractivity contribution is -0.118. The Bertz CT molecular complexity index is 819. The van der Waals surface area contributed by atoms with Gasteiger partial charge in [0.25, 0.3) is 0 Å². The third kappa shape index (κ3) is 5.54. The van der Waals surface area contributed by atoms with E-state index < -0.39 is 0 Å². The first kappa shape index (κ1) is 21.6. The topological polar surface area (TPSA) is 57.2 Å². The van der Waals surface area contributed by atoms with Crippen molar-refractivity contribution in [2.45, 2.75) is 50.1 Å². The summed E-state index contributed by atoms with van der Waals surface area (Å²) < 4.78 is 22.7. The molecule has 0 saturated carbocycles. The van der Waals surface area contributed by atoms with Crippen molar-refractivity contribution in [2.24, 2.45) is 0 Å². The SMILES string of the molecule is COCC1CC(O)CC(c2ccc(Cl)c(Cc3ccc(OC4CCOC4)cc3)c2)O1. The highest BCUT2D eigenvalue weighted by Gasteiger charge is 2.29. The Kier molecular flexibility index (Phi) is 7.28. The third-order valence-electron chi connectivity index (χ3n) is 5.68. The largest absolute Gasteiger partial charge is 0.488 e.